The SMILES string of the molecule is C=C(F)C(=O)N1CCN(c2nc(OCC3CCN3CC)nc3c2CCN(c2cccc4ccc(F)c(Cl)c24)C3)C[C@@H]1CC#N. The first kappa shape index (κ1) is 30.0. The largest absolute Gasteiger partial charge is 0.462 e. The summed E-state index contributed by atoms with van der Waals surface area (Å²) in [6.07, 6.45) is 1.69. The third kappa shape index (κ3) is 5.64. The molecular weight excluding hydrogens is 588 g/mol. The standard InChI is InChI=1S/C32H34ClF2N7O2/c1-3-39-13-10-23(39)19-44-32-37-26-18-40(27-6-4-5-21-7-8-25(35)29(33)28(21)27)14-11-24(26)30(38-32)41-15-16-42(31(43)20(2)34)22(17-41)9-12-36/h4-8,22-23H,2-3,9-11,13-19H2,1H3/t22-,23?/m0/s1. The van der Waals surface area contributed by atoms with Crippen LogP contribution in [0.15, 0.2) is 42.7 Å². The van der Waals surface area contributed by atoms with Gasteiger partial charge in [-0.15, -0.1) is 0 Å². The molecular formula is C32H34ClF2N7O2. The summed E-state index contributed by atoms with van der Waals surface area (Å²) < 4.78 is 34.5. The summed E-state index contributed by atoms with van der Waals surface area (Å²) in [7, 11) is 0. The van der Waals surface area contributed by atoms with Crippen LogP contribution in [0.25, 0.3) is 10.8 Å². The van der Waals surface area contributed by atoms with Crippen LogP contribution < -0.4 is 14.5 Å². The van der Waals surface area contributed by atoms with Crippen molar-refractivity contribution in [3.05, 3.63) is 64.8 Å². The van der Waals surface area contributed by atoms with Crippen molar-refractivity contribution in [2.75, 3.05) is 55.7 Å². The van der Waals surface area contributed by atoms with Crippen molar-refractivity contribution >= 4 is 39.8 Å². The van der Waals surface area contributed by atoms with Gasteiger partial charge in [-0.3, -0.25) is 9.69 Å². The molecule has 44 heavy (non-hydrogen) atoms. The molecule has 4 heterocycles. The van der Waals surface area contributed by atoms with Gasteiger partial charge in [0.2, 0.25) is 0 Å². The monoisotopic (exact) mass is 621 g/mol. The average Bonchev–Trinajstić information content (AvgIpc) is 3.01. The molecule has 3 aliphatic heterocycles. The van der Waals surface area contributed by atoms with Gasteiger partial charge in [-0.05, 0) is 36.9 Å². The van der Waals surface area contributed by atoms with E-state index in [0.717, 1.165) is 41.8 Å². The van der Waals surface area contributed by atoms with Gasteiger partial charge in [0.25, 0.3) is 5.91 Å². The number of fused-ring (bicyclic) bond motifs is 2. The highest BCUT2D eigenvalue weighted by Crippen LogP contribution is 2.38. The third-order valence-electron chi connectivity index (χ3n) is 8.96. The molecule has 6 rings (SSSR count). The molecule has 0 saturated carbocycles. The molecule has 2 saturated heterocycles. The van der Waals surface area contributed by atoms with E-state index in [4.69, 9.17) is 26.3 Å². The lowest BCUT2D eigenvalue weighted by Crippen LogP contribution is -2.55. The number of likely N-dealkylation sites (N-methyl/N-ethyl adjacent to an activating group) is 1. The highest BCUT2D eigenvalue weighted by molar-refractivity contribution is 6.36. The lowest BCUT2D eigenvalue weighted by molar-refractivity contribution is -0.131. The Morgan fingerprint density at radius 2 is 2.00 bits per heavy atom. The number of halogens is 3. The summed E-state index contributed by atoms with van der Waals surface area (Å²) in [6.45, 7) is 9.72. The molecule has 0 radical (unpaired) electrons. The van der Waals surface area contributed by atoms with Gasteiger partial charge in [-0.25, -0.2) is 8.78 Å². The minimum absolute atomic E-state index is 0.0485. The van der Waals surface area contributed by atoms with Crippen molar-refractivity contribution in [1.29, 1.82) is 5.26 Å². The maximum absolute atomic E-state index is 14.5. The van der Waals surface area contributed by atoms with Crippen LogP contribution in [0.3, 0.4) is 0 Å². The van der Waals surface area contributed by atoms with Gasteiger partial charge in [0, 0.05) is 55.4 Å². The van der Waals surface area contributed by atoms with Crippen LogP contribution in [-0.4, -0.2) is 83.6 Å². The number of rotatable bonds is 8. The lowest BCUT2D eigenvalue weighted by Gasteiger charge is -2.42. The second-order valence-electron chi connectivity index (χ2n) is 11.4. The van der Waals surface area contributed by atoms with Gasteiger partial charge in [-0.1, -0.05) is 43.3 Å². The van der Waals surface area contributed by atoms with Crippen molar-refractivity contribution in [3.63, 3.8) is 0 Å². The molecule has 12 heteroatoms. The van der Waals surface area contributed by atoms with Crippen molar-refractivity contribution in [2.45, 2.75) is 44.8 Å². The van der Waals surface area contributed by atoms with E-state index in [1.807, 2.05) is 23.1 Å². The topological polar surface area (TPSA) is 88.8 Å². The van der Waals surface area contributed by atoms with E-state index in [1.165, 1.54) is 11.0 Å². The molecule has 0 N–H and O–H groups in total. The number of likely N-dealkylation sites (tertiary alicyclic amines) is 1. The molecule has 0 spiro atoms. The third-order valence-corrected chi connectivity index (χ3v) is 9.33. The quantitative estimate of drug-likeness (QED) is 0.329. The minimum Gasteiger partial charge on any atom is -0.462 e. The van der Waals surface area contributed by atoms with Gasteiger partial charge in [0.1, 0.15) is 18.2 Å². The van der Waals surface area contributed by atoms with Gasteiger partial charge in [-0.2, -0.15) is 15.2 Å². The van der Waals surface area contributed by atoms with Gasteiger partial charge in [0.15, 0.2) is 5.83 Å². The maximum Gasteiger partial charge on any atom is 0.318 e. The number of nitrogens with zero attached hydrogens (tertiary/aromatic N) is 7. The first-order valence-corrected chi connectivity index (χ1v) is 15.3. The highest BCUT2D eigenvalue weighted by Gasteiger charge is 2.35. The van der Waals surface area contributed by atoms with E-state index < -0.39 is 23.6 Å². The predicted octanol–water partition coefficient (Wildman–Crippen LogP) is 4.87. The zero-order chi connectivity index (χ0) is 31.0. The summed E-state index contributed by atoms with van der Waals surface area (Å²) in [5.41, 5.74) is 2.56. The van der Waals surface area contributed by atoms with Crippen LogP contribution in [0.1, 0.15) is 31.0 Å². The van der Waals surface area contributed by atoms with Crippen LogP contribution in [0.2, 0.25) is 5.02 Å². The number of amides is 1. The van der Waals surface area contributed by atoms with E-state index in [0.29, 0.717) is 56.5 Å². The minimum atomic E-state index is -1.04. The summed E-state index contributed by atoms with van der Waals surface area (Å²) in [4.78, 5) is 30.1. The molecule has 230 valence electrons. The van der Waals surface area contributed by atoms with Gasteiger partial charge < -0.3 is 19.4 Å². The number of benzene rings is 2. The molecule has 3 aromatic rings. The number of piperazine rings is 1. The van der Waals surface area contributed by atoms with Crippen LogP contribution >= 0.6 is 11.6 Å². The van der Waals surface area contributed by atoms with Crippen molar-refractivity contribution in [1.82, 2.24) is 19.8 Å². The van der Waals surface area contributed by atoms with Crippen LogP contribution in [0.4, 0.5) is 20.3 Å². The second kappa shape index (κ2) is 12.5. The molecule has 1 aromatic heterocycles. The molecule has 3 aliphatic rings. The summed E-state index contributed by atoms with van der Waals surface area (Å²) >= 11 is 6.47. The number of aromatic nitrogens is 2. The molecule has 0 aliphatic carbocycles. The molecule has 2 fully saturated rings. The Bertz CT molecular complexity index is 1650. The predicted molar refractivity (Wildman–Crippen MR) is 165 cm³/mol. The first-order chi connectivity index (χ1) is 21.3. The van der Waals surface area contributed by atoms with Crippen LogP contribution in [-0.2, 0) is 17.8 Å². The number of anilines is 2. The van der Waals surface area contributed by atoms with Crippen LogP contribution in [0, 0.1) is 17.1 Å². The normalized spacial score (nSPS) is 20.2. The number of carbonyl (C=O) groups is 1. The number of ether oxygens (including phenoxy) is 1. The number of nitriles is 1. The van der Waals surface area contributed by atoms with E-state index >= 15 is 0 Å². The van der Waals surface area contributed by atoms with E-state index in [2.05, 4.69) is 29.4 Å². The molecule has 9 nitrogen and oxygen atoms in total. The van der Waals surface area contributed by atoms with E-state index in [-0.39, 0.29) is 24.0 Å². The Labute approximate surface area is 260 Å². The number of hydrogen-bond donors (Lipinski definition) is 0. The molecule has 0 bridgehead atoms. The second-order valence-corrected chi connectivity index (χ2v) is 11.8. The fourth-order valence-electron chi connectivity index (χ4n) is 6.50. The Kier molecular flexibility index (Phi) is 8.56. The average molecular weight is 622 g/mol. The van der Waals surface area contributed by atoms with Crippen molar-refractivity contribution < 1.29 is 18.3 Å². The van der Waals surface area contributed by atoms with Gasteiger partial charge in [0.05, 0.1) is 35.8 Å². The van der Waals surface area contributed by atoms with E-state index in [9.17, 15) is 18.8 Å². The number of hydrogen-bond acceptors (Lipinski definition) is 8. The summed E-state index contributed by atoms with van der Waals surface area (Å²) in [5.74, 6) is -1.60. The van der Waals surface area contributed by atoms with Gasteiger partial charge >= 0.3 is 6.01 Å². The Morgan fingerprint density at radius 3 is 2.73 bits per heavy atom. The fourth-order valence-corrected chi connectivity index (χ4v) is 6.76. The van der Waals surface area contributed by atoms with Crippen molar-refractivity contribution in [2.24, 2.45) is 0 Å². The molecule has 2 aromatic carbocycles. The zero-order valence-electron chi connectivity index (χ0n) is 24.6. The maximum atomic E-state index is 14.5. The highest BCUT2D eigenvalue weighted by atomic mass is 35.5. The molecule has 1 amide bonds. The van der Waals surface area contributed by atoms with Crippen molar-refractivity contribution in [3.8, 4) is 12.1 Å². The number of carbonyl (C=O) groups excluding carboxylic acids is 1. The summed E-state index contributed by atoms with van der Waals surface area (Å²) in [5, 5.41) is 11.1. The molecule has 2 atom stereocenters. The Balaban J connectivity index is 1.34. The summed E-state index contributed by atoms with van der Waals surface area (Å²) in [6, 6.07) is 11.1. The molecule has 1 unspecified atom stereocenters. The lowest BCUT2D eigenvalue weighted by atomic mass is 10.0. The smallest absolute Gasteiger partial charge is 0.318 e. The zero-order valence-corrected chi connectivity index (χ0v) is 25.4. The first-order valence-electron chi connectivity index (χ1n) is 14.9. The Hall–Kier alpha value is -4.01. The Morgan fingerprint density at radius 1 is 1.16 bits per heavy atom. The fraction of sp³-hybridized carbons (Fsp3) is 0.438. The van der Waals surface area contributed by atoms with E-state index in [1.54, 1.807) is 6.07 Å². The van der Waals surface area contributed by atoms with Crippen LogP contribution in [0.5, 0.6) is 6.01 Å².